The number of fused-ring (bicyclic) bond motifs is 4. The fraction of sp³-hybridized carbons (Fsp3) is 0.750. The molecule has 2 saturated carbocycles. The van der Waals surface area contributed by atoms with E-state index in [2.05, 4.69) is 19.9 Å². The van der Waals surface area contributed by atoms with Gasteiger partial charge in [0.15, 0.2) is 0 Å². The molecular weight excluding hydrogens is 176 g/mol. The normalized spacial score (nSPS) is 47.7. The van der Waals surface area contributed by atoms with Crippen molar-refractivity contribution in [3.05, 3.63) is 12.3 Å². The molecule has 0 aromatic heterocycles. The van der Waals surface area contributed by atoms with Crippen molar-refractivity contribution in [2.45, 2.75) is 32.8 Å². The minimum Gasteiger partial charge on any atom is -0.497 e. The summed E-state index contributed by atoms with van der Waals surface area (Å²) in [5.74, 6) is 1.73. The zero-order chi connectivity index (χ0) is 9.92. The molecular formula is C12H16O2. The number of Topliss-reactive ketones (excluding diaryl/α,β-unsaturated/α-hetero) is 1. The molecule has 0 radical (unpaired) electrons. The summed E-state index contributed by atoms with van der Waals surface area (Å²) in [7, 11) is 0. The van der Waals surface area contributed by atoms with E-state index in [0.717, 1.165) is 6.42 Å². The van der Waals surface area contributed by atoms with Gasteiger partial charge in [0.1, 0.15) is 11.9 Å². The first-order valence-electron chi connectivity index (χ1n) is 5.43. The zero-order valence-corrected chi connectivity index (χ0v) is 8.69. The van der Waals surface area contributed by atoms with Crippen molar-refractivity contribution < 1.29 is 9.53 Å². The van der Waals surface area contributed by atoms with Crippen LogP contribution in [0.5, 0.6) is 0 Å². The molecule has 4 atom stereocenters. The van der Waals surface area contributed by atoms with Gasteiger partial charge in [0, 0.05) is 12.3 Å². The fourth-order valence-electron chi connectivity index (χ4n) is 3.46. The van der Waals surface area contributed by atoms with E-state index < -0.39 is 0 Å². The Morgan fingerprint density at radius 3 is 3.07 bits per heavy atom. The first-order chi connectivity index (χ1) is 6.58. The zero-order valence-electron chi connectivity index (χ0n) is 8.69. The van der Waals surface area contributed by atoms with Crippen molar-refractivity contribution >= 4 is 5.78 Å². The molecule has 2 fully saturated rings. The number of ketones is 1. The van der Waals surface area contributed by atoms with Crippen LogP contribution in [0.2, 0.25) is 0 Å². The fourth-order valence-corrected chi connectivity index (χ4v) is 3.46. The van der Waals surface area contributed by atoms with E-state index in [0.29, 0.717) is 17.6 Å². The molecule has 0 spiro atoms. The van der Waals surface area contributed by atoms with Gasteiger partial charge < -0.3 is 4.74 Å². The van der Waals surface area contributed by atoms with Gasteiger partial charge in [0.2, 0.25) is 0 Å². The summed E-state index contributed by atoms with van der Waals surface area (Å²) in [5.41, 5.74) is 0.208. The van der Waals surface area contributed by atoms with Crippen LogP contribution in [0.15, 0.2) is 12.3 Å². The molecule has 1 aliphatic heterocycles. The molecule has 1 heterocycles. The predicted octanol–water partition coefficient (Wildman–Crippen LogP) is 2.15. The van der Waals surface area contributed by atoms with Gasteiger partial charge >= 0.3 is 0 Å². The van der Waals surface area contributed by atoms with Crippen molar-refractivity contribution in [1.82, 2.24) is 0 Å². The van der Waals surface area contributed by atoms with Gasteiger partial charge in [-0.1, -0.05) is 13.8 Å². The highest BCUT2D eigenvalue weighted by Crippen LogP contribution is 2.56. The van der Waals surface area contributed by atoms with E-state index >= 15 is 0 Å². The largest absolute Gasteiger partial charge is 0.497 e. The van der Waals surface area contributed by atoms with Crippen LogP contribution in [0.3, 0.4) is 0 Å². The molecule has 0 N–H and O–H groups in total. The first-order valence-corrected chi connectivity index (χ1v) is 5.43. The average molecular weight is 192 g/mol. The van der Waals surface area contributed by atoms with Crippen LogP contribution < -0.4 is 0 Å². The highest BCUT2D eigenvalue weighted by atomic mass is 16.5. The maximum atomic E-state index is 11.9. The highest BCUT2D eigenvalue weighted by molar-refractivity contribution is 5.85. The lowest BCUT2D eigenvalue weighted by molar-refractivity contribution is -0.156. The molecule has 14 heavy (non-hydrogen) atoms. The van der Waals surface area contributed by atoms with E-state index in [1.807, 2.05) is 0 Å². The van der Waals surface area contributed by atoms with Crippen LogP contribution in [0.4, 0.5) is 0 Å². The van der Waals surface area contributed by atoms with Gasteiger partial charge in [-0.3, -0.25) is 4.79 Å². The van der Waals surface area contributed by atoms with Crippen molar-refractivity contribution in [3.63, 3.8) is 0 Å². The summed E-state index contributed by atoms with van der Waals surface area (Å²) >= 11 is 0. The predicted molar refractivity (Wildman–Crippen MR) is 52.5 cm³/mol. The SMILES string of the molecule is CC1(C)CC(=O)[C@@H]2[C@H](C1)[C@H]1C=CO[C@H]12. The number of hydrogen-bond acceptors (Lipinski definition) is 2. The molecule has 3 aliphatic rings. The smallest absolute Gasteiger partial charge is 0.140 e. The second kappa shape index (κ2) is 2.41. The van der Waals surface area contributed by atoms with E-state index in [4.69, 9.17) is 4.74 Å². The number of carbonyl (C=O) groups excluding carboxylic acids is 1. The Bertz CT molecular complexity index is 316. The Kier molecular flexibility index (Phi) is 1.47. The summed E-state index contributed by atoms with van der Waals surface area (Å²) in [6, 6.07) is 0. The van der Waals surface area contributed by atoms with Gasteiger partial charge in [-0.15, -0.1) is 0 Å². The van der Waals surface area contributed by atoms with Crippen LogP contribution in [0.1, 0.15) is 26.7 Å². The Labute approximate surface area is 84.3 Å². The molecule has 2 nitrogen and oxygen atoms in total. The molecule has 0 aromatic carbocycles. The summed E-state index contributed by atoms with van der Waals surface area (Å²) in [4.78, 5) is 11.9. The van der Waals surface area contributed by atoms with Gasteiger partial charge in [-0.05, 0) is 23.8 Å². The van der Waals surface area contributed by atoms with Crippen molar-refractivity contribution in [2.75, 3.05) is 0 Å². The van der Waals surface area contributed by atoms with Crippen LogP contribution in [0, 0.1) is 23.2 Å². The third kappa shape index (κ3) is 0.943. The summed E-state index contributed by atoms with van der Waals surface area (Å²) in [6.45, 7) is 4.40. The minimum atomic E-state index is 0.198. The van der Waals surface area contributed by atoms with Crippen molar-refractivity contribution in [2.24, 2.45) is 23.2 Å². The number of hydrogen-bond donors (Lipinski definition) is 0. The van der Waals surface area contributed by atoms with Gasteiger partial charge in [-0.25, -0.2) is 0 Å². The lowest BCUT2D eigenvalue weighted by Crippen LogP contribution is -2.57. The Morgan fingerprint density at radius 2 is 2.29 bits per heavy atom. The topological polar surface area (TPSA) is 26.3 Å². The summed E-state index contributed by atoms with van der Waals surface area (Å²) in [5, 5.41) is 0. The molecule has 0 saturated heterocycles. The average Bonchev–Trinajstić information content (AvgIpc) is 2.42. The molecule has 3 rings (SSSR count). The lowest BCUT2D eigenvalue weighted by Gasteiger charge is -2.52. The second-order valence-corrected chi connectivity index (χ2v) is 5.71. The summed E-state index contributed by atoms with van der Waals surface area (Å²) in [6.07, 6.45) is 6.04. The third-order valence-electron chi connectivity index (χ3n) is 4.04. The maximum absolute atomic E-state index is 11.9. The quantitative estimate of drug-likeness (QED) is 0.588. The Hall–Kier alpha value is -0.790. The third-order valence-corrected chi connectivity index (χ3v) is 4.04. The van der Waals surface area contributed by atoms with Gasteiger partial charge in [0.25, 0.3) is 0 Å². The lowest BCUT2D eigenvalue weighted by atomic mass is 9.52. The Balaban J connectivity index is 1.87. The Morgan fingerprint density at radius 1 is 1.50 bits per heavy atom. The minimum absolute atomic E-state index is 0.198. The maximum Gasteiger partial charge on any atom is 0.140 e. The molecule has 2 aliphatic carbocycles. The molecule has 0 unspecified atom stereocenters. The summed E-state index contributed by atoms with van der Waals surface area (Å²) < 4.78 is 5.46. The van der Waals surface area contributed by atoms with Gasteiger partial charge in [-0.2, -0.15) is 0 Å². The van der Waals surface area contributed by atoms with E-state index in [1.54, 1.807) is 6.26 Å². The van der Waals surface area contributed by atoms with Crippen LogP contribution in [-0.2, 0) is 9.53 Å². The molecule has 0 amide bonds. The van der Waals surface area contributed by atoms with E-state index in [9.17, 15) is 4.79 Å². The molecule has 0 aromatic rings. The number of ether oxygens (including phenoxy) is 1. The first kappa shape index (κ1) is 8.51. The van der Waals surface area contributed by atoms with Crippen molar-refractivity contribution in [1.29, 1.82) is 0 Å². The van der Waals surface area contributed by atoms with E-state index in [1.165, 1.54) is 6.42 Å². The number of carbonyl (C=O) groups is 1. The van der Waals surface area contributed by atoms with Crippen LogP contribution in [0.25, 0.3) is 0 Å². The van der Waals surface area contributed by atoms with Gasteiger partial charge in [0.05, 0.1) is 12.2 Å². The van der Waals surface area contributed by atoms with Crippen LogP contribution >= 0.6 is 0 Å². The second-order valence-electron chi connectivity index (χ2n) is 5.71. The number of rotatable bonds is 0. The highest BCUT2D eigenvalue weighted by Gasteiger charge is 2.59. The monoisotopic (exact) mass is 192 g/mol. The van der Waals surface area contributed by atoms with E-state index in [-0.39, 0.29) is 17.4 Å². The van der Waals surface area contributed by atoms with Crippen molar-refractivity contribution in [3.8, 4) is 0 Å². The van der Waals surface area contributed by atoms with Crippen LogP contribution in [-0.4, -0.2) is 11.9 Å². The molecule has 2 heteroatoms. The standard InChI is InChI=1S/C12H16O2/c1-12(2)5-8-7-3-4-14-11(7)10(8)9(13)6-12/h3-4,7-8,10-11H,5-6H2,1-2H3/t7-,8-,10+,11-/m1/s1. The molecule has 0 bridgehead atoms. The molecule has 76 valence electrons.